The van der Waals surface area contributed by atoms with Crippen LogP contribution in [-0.4, -0.2) is 97.6 Å². The third-order valence-electron chi connectivity index (χ3n) is 13.4. The third-order valence-corrected chi connectivity index (χ3v) is 15.5. The SMILES string of the molecule is O=C(O)C1=C(COC(=O)N2CCC[C@H]2CO)CS[C@H]2C(NC(=O)/C(=N\OC(c3ccccc3)(c3ccccc3)c3ccccc3)c3csc(NC(c4ccccc4)(c4ccccc4)c4ccccc4)n3)C(=O)N12. The minimum Gasteiger partial charge on any atom is -0.477 e. The molecule has 4 N–H and O–H groups in total. The maximum absolute atomic E-state index is 15.1. The number of thioether (sulfide) groups is 1. The number of hydrogen-bond acceptors (Lipinski definition) is 12. The maximum Gasteiger partial charge on any atom is 0.410 e. The van der Waals surface area contributed by atoms with Crippen LogP contribution in [0.15, 0.2) is 204 Å². The van der Waals surface area contributed by atoms with Gasteiger partial charge in [-0.25, -0.2) is 14.6 Å². The second kappa shape index (κ2) is 21.3. The molecule has 0 bridgehead atoms. The number of carbonyl (C=O) groups excluding carboxylic acids is 3. The molecule has 1 unspecified atom stereocenters. The highest BCUT2D eigenvalue weighted by Gasteiger charge is 2.55. The number of rotatable bonds is 17. The first-order chi connectivity index (χ1) is 35.7. The van der Waals surface area contributed by atoms with E-state index >= 15 is 4.79 Å². The number of benzene rings is 6. The van der Waals surface area contributed by atoms with Crippen molar-refractivity contribution in [2.45, 2.75) is 41.4 Å². The number of hydrogen-bond donors (Lipinski definition) is 4. The number of likely N-dealkylation sites (tertiary alicyclic amines) is 1. The number of anilines is 1. The van der Waals surface area contributed by atoms with Gasteiger partial charge in [-0.15, -0.1) is 23.1 Å². The molecule has 368 valence electrons. The first-order valence-electron chi connectivity index (χ1n) is 23.8. The molecular formula is C57H50N6O8S2. The Hall–Kier alpha value is -8.05. The van der Waals surface area contributed by atoms with Gasteiger partial charge < -0.3 is 35.3 Å². The Labute approximate surface area is 430 Å². The number of oxime groups is 1. The van der Waals surface area contributed by atoms with Crippen LogP contribution in [0.3, 0.4) is 0 Å². The van der Waals surface area contributed by atoms with E-state index in [0.29, 0.717) is 24.5 Å². The number of aromatic nitrogens is 1. The fourth-order valence-corrected chi connectivity index (χ4v) is 12.0. The molecule has 7 aromatic rings. The van der Waals surface area contributed by atoms with Crippen LogP contribution in [0, 0.1) is 0 Å². The largest absolute Gasteiger partial charge is 0.477 e. The molecule has 3 atom stereocenters. The topological polar surface area (TPSA) is 183 Å². The number of ether oxygens (including phenoxy) is 1. The van der Waals surface area contributed by atoms with Crippen LogP contribution in [0.2, 0.25) is 0 Å². The summed E-state index contributed by atoms with van der Waals surface area (Å²) in [7, 11) is 0. The third kappa shape index (κ3) is 9.36. The van der Waals surface area contributed by atoms with Crippen molar-refractivity contribution >= 4 is 57.8 Å². The van der Waals surface area contributed by atoms with Gasteiger partial charge in [0.2, 0.25) is 5.60 Å². The molecule has 0 radical (unpaired) electrons. The second-order valence-corrected chi connectivity index (χ2v) is 19.6. The number of amides is 3. The number of carbonyl (C=O) groups is 4. The molecule has 0 aliphatic carbocycles. The van der Waals surface area contributed by atoms with Gasteiger partial charge in [-0.1, -0.05) is 187 Å². The van der Waals surface area contributed by atoms with E-state index in [1.807, 2.05) is 146 Å². The lowest BCUT2D eigenvalue weighted by Crippen LogP contribution is -2.71. The van der Waals surface area contributed by atoms with Crippen LogP contribution in [0.1, 0.15) is 51.9 Å². The highest BCUT2D eigenvalue weighted by atomic mass is 32.2. The number of aliphatic carboxylic acids is 1. The van der Waals surface area contributed by atoms with E-state index in [0.717, 1.165) is 38.3 Å². The first-order valence-corrected chi connectivity index (χ1v) is 25.7. The molecule has 73 heavy (non-hydrogen) atoms. The number of thiazole rings is 1. The van der Waals surface area contributed by atoms with Gasteiger partial charge in [0.25, 0.3) is 11.8 Å². The molecule has 2 fully saturated rings. The summed E-state index contributed by atoms with van der Waals surface area (Å²) >= 11 is 2.50. The normalized spacial score (nSPS) is 17.8. The molecule has 3 amide bonds. The monoisotopic (exact) mass is 1010 g/mol. The smallest absolute Gasteiger partial charge is 0.410 e. The van der Waals surface area contributed by atoms with Crippen molar-refractivity contribution in [2.75, 3.05) is 30.8 Å². The van der Waals surface area contributed by atoms with Gasteiger partial charge >= 0.3 is 12.1 Å². The van der Waals surface area contributed by atoms with Gasteiger partial charge in [0.15, 0.2) is 10.8 Å². The van der Waals surface area contributed by atoms with Gasteiger partial charge in [-0.2, -0.15) is 0 Å². The summed E-state index contributed by atoms with van der Waals surface area (Å²) in [4.78, 5) is 69.7. The molecule has 10 rings (SSSR count). The average Bonchev–Trinajstić information content (AvgIpc) is 4.14. The maximum atomic E-state index is 15.1. The number of fused-ring (bicyclic) bond motifs is 1. The average molecular weight is 1010 g/mol. The number of nitrogens with zero attached hydrogens (tertiary/aromatic N) is 4. The molecule has 0 spiro atoms. The summed E-state index contributed by atoms with van der Waals surface area (Å²) in [6.45, 7) is -0.167. The van der Waals surface area contributed by atoms with Gasteiger partial charge in [0.05, 0.1) is 12.6 Å². The first kappa shape index (κ1) is 48.6. The molecule has 4 heterocycles. The number of carboxylic acid groups (broad SMARTS) is 1. The quantitative estimate of drug-likeness (QED) is 0.0297. The fourth-order valence-electron chi connectivity index (χ4n) is 9.88. The van der Waals surface area contributed by atoms with Crippen LogP contribution in [0.5, 0.6) is 0 Å². The van der Waals surface area contributed by atoms with Crippen LogP contribution >= 0.6 is 23.1 Å². The van der Waals surface area contributed by atoms with Crippen molar-refractivity contribution in [2.24, 2.45) is 5.16 Å². The number of carboxylic acids is 1. The summed E-state index contributed by atoms with van der Waals surface area (Å²) in [5.41, 5.74) is 2.46. The van der Waals surface area contributed by atoms with E-state index in [2.05, 4.69) is 47.0 Å². The summed E-state index contributed by atoms with van der Waals surface area (Å²) in [6.07, 6.45) is 0.671. The van der Waals surface area contributed by atoms with Crippen molar-refractivity contribution in [3.8, 4) is 0 Å². The van der Waals surface area contributed by atoms with Crippen molar-refractivity contribution < 1.29 is 39.0 Å². The standard InChI is InChI=1S/C57H50N6O8S2/c64-34-45-32-19-33-62(45)55(69)70-35-38-36-72-52-48(51(66)63(52)49(38)53(67)68)59-50(65)47(61-71-57(42-26-13-4-14-27-42,43-28-15-5-16-29-43)44-30-17-6-18-31-44)46-37-73-54(58-46)60-56(39-20-7-1-8-21-39,40-22-9-2-10-23-40)41-24-11-3-12-25-41/h1-18,20-31,37,45,48,52,64H,19,32-36H2,(H,58,60)(H,59,65)(H,67,68)/b61-47-/t45-,48?,52-/m0/s1. The van der Waals surface area contributed by atoms with Crippen LogP contribution < -0.4 is 10.6 Å². The lowest BCUT2D eigenvalue weighted by molar-refractivity contribution is -0.150. The molecule has 2 saturated heterocycles. The van der Waals surface area contributed by atoms with E-state index in [9.17, 15) is 24.6 Å². The Morgan fingerprint density at radius 1 is 0.726 bits per heavy atom. The Bertz CT molecular complexity index is 2950. The second-order valence-electron chi connectivity index (χ2n) is 17.7. The van der Waals surface area contributed by atoms with Gasteiger partial charge in [0, 0.05) is 39.9 Å². The summed E-state index contributed by atoms with van der Waals surface area (Å²) in [5, 5.41) is 33.0. The van der Waals surface area contributed by atoms with E-state index < -0.39 is 46.4 Å². The van der Waals surface area contributed by atoms with E-state index in [1.165, 1.54) is 28.0 Å². The Kier molecular flexibility index (Phi) is 14.2. The molecular weight excluding hydrogens is 961 g/mol. The van der Waals surface area contributed by atoms with Crippen LogP contribution in [0.4, 0.5) is 9.93 Å². The Morgan fingerprint density at radius 3 is 1.70 bits per heavy atom. The van der Waals surface area contributed by atoms with Crippen molar-refractivity contribution in [1.82, 2.24) is 20.1 Å². The van der Waals surface area contributed by atoms with Crippen LogP contribution in [-0.2, 0) is 35.1 Å². The zero-order valence-corrected chi connectivity index (χ0v) is 41.0. The molecule has 1 aromatic heterocycles. The highest BCUT2D eigenvalue weighted by molar-refractivity contribution is 8.00. The van der Waals surface area contributed by atoms with Gasteiger partial charge in [-0.3, -0.25) is 14.5 Å². The molecule has 16 heteroatoms. The predicted molar refractivity (Wildman–Crippen MR) is 280 cm³/mol. The lowest BCUT2D eigenvalue weighted by atomic mass is 9.77. The fraction of sp³-hybridized carbons (Fsp3) is 0.193. The van der Waals surface area contributed by atoms with Gasteiger partial charge in [0.1, 0.15) is 35.0 Å². The lowest BCUT2D eigenvalue weighted by Gasteiger charge is -2.49. The predicted octanol–water partition coefficient (Wildman–Crippen LogP) is 8.59. The van der Waals surface area contributed by atoms with Crippen molar-refractivity contribution in [3.63, 3.8) is 0 Å². The molecule has 6 aromatic carbocycles. The zero-order valence-electron chi connectivity index (χ0n) is 39.3. The molecule has 3 aliphatic rings. The van der Waals surface area contributed by atoms with Crippen LogP contribution in [0.25, 0.3) is 0 Å². The molecule has 0 saturated carbocycles. The summed E-state index contributed by atoms with van der Waals surface area (Å²) < 4.78 is 5.54. The Balaban J connectivity index is 1.03. The molecule has 14 nitrogen and oxygen atoms in total. The highest BCUT2D eigenvalue weighted by Crippen LogP contribution is 2.44. The number of aliphatic hydroxyl groups is 1. The number of β-lactam (4-membered cyclic amide) rings is 1. The summed E-state index contributed by atoms with van der Waals surface area (Å²) in [5.74, 6) is -2.73. The minimum atomic E-state index is -1.40. The molecule has 3 aliphatic heterocycles. The van der Waals surface area contributed by atoms with E-state index in [4.69, 9.17) is 19.7 Å². The number of nitrogens with one attached hydrogen (secondary N) is 2. The van der Waals surface area contributed by atoms with Crippen molar-refractivity contribution in [3.05, 3.63) is 238 Å². The minimum absolute atomic E-state index is 0.101. The number of aliphatic hydroxyl groups excluding tert-OH is 1. The Morgan fingerprint density at radius 2 is 1.22 bits per heavy atom. The van der Waals surface area contributed by atoms with E-state index in [1.54, 1.807) is 5.38 Å². The van der Waals surface area contributed by atoms with Gasteiger partial charge in [-0.05, 0) is 29.5 Å². The summed E-state index contributed by atoms with van der Waals surface area (Å²) in [6, 6.07) is 57.3. The van der Waals surface area contributed by atoms with Crippen molar-refractivity contribution in [1.29, 1.82) is 0 Å². The zero-order chi connectivity index (χ0) is 50.4. The van der Waals surface area contributed by atoms with E-state index in [-0.39, 0.29) is 47.7 Å².